The third kappa shape index (κ3) is 17.9. The quantitative estimate of drug-likeness (QED) is 0.255. The van der Waals surface area contributed by atoms with Gasteiger partial charge in [0.25, 0.3) is 0 Å². The molecule has 1 aliphatic heterocycles. The fourth-order valence-electron chi connectivity index (χ4n) is 2.13. The number of aryl methyl sites for hydroxylation is 2. The topological polar surface area (TPSA) is 159 Å². The number of nitrogens with zero attached hydrogens (tertiary/aromatic N) is 5. The molecule has 0 bridgehead atoms. The first kappa shape index (κ1) is 31.8. The Morgan fingerprint density at radius 2 is 1.82 bits per heavy atom. The summed E-state index contributed by atoms with van der Waals surface area (Å²) in [6, 6.07) is 0. The summed E-state index contributed by atoms with van der Waals surface area (Å²) in [7, 11) is 5.15. The average Bonchev–Trinajstić information content (AvgIpc) is 3.17. The van der Waals surface area contributed by atoms with E-state index in [2.05, 4.69) is 26.2 Å². The van der Waals surface area contributed by atoms with Crippen molar-refractivity contribution in [3.63, 3.8) is 0 Å². The minimum absolute atomic E-state index is 0.0556. The van der Waals surface area contributed by atoms with Crippen molar-refractivity contribution in [2.75, 3.05) is 20.6 Å². The first-order chi connectivity index (χ1) is 15.2. The molecule has 0 saturated carbocycles. The van der Waals surface area contributed by atoms with E-state index < -0.39 is 5.97 Å². The van der Waals surface area contributed by atoms with Crippen LogP contribution in [0.3, 0.4) is 0 Å². The van der Waals surface area contributed by atoms with Crippen molar-refractivity contribution in [2.24, 2.45) is 18.1 Å². The summed E-state index contributed by atoms with van der Waals surface area (Å²) in [5.74, 6) is -1.23. The van der Waals surface area contributed by atoms with E-state index in [9.17, 15) is 19.2 Å². The largest absolute Gasteiger partial charge is 0.478 e. The van der Waals surface area contributed by atoms with Crippen LogP contribution < -0.4 is 10.7 Å². The van der Waals surface area contributed by atoms with Crippen LogP contribution in [-0.2, 0) is 26.2 Å². The number of hydrogen-bond acceptors (Lipinski definition) is 8. The zero-order valence-corrected chi connectivity index (χ0v) is 21.0. The molecule has 12 nitrogen and oxygen atoms in total. The Labute approximate surface area is 195 Å². The molecule has 3 amide bonds. The monoisotopic (exact) mass is 467 g/mol. The van der Waals surface area contributed by atoms with Crippen LogP contribution in [0, 0.1) is 12.8 Å². The van der Waals surface area contributed by atoms with Crippen molar-refractivity contribution in [1.29, 1.82) is 0 Å². The molecule has 0 spiro atoms. The summed E-state index contributed by atoms with van der Waals surface area (Å²) in [6.45, 7) is 11.1. The number of hydrogen-bond donors (Lipinski definition) is 3. The summed E-state index contributed by atoms with van der Waals surface area (Å²) in [4.78, 5) is 42.8. The van der Waals surface area contributed by atoms with Gasteiger partial charge < -0.3 is 10.4 Å². The second kappa shape index (κ2) is 17.2. The average molecular weight is 468 g/mol. The Bertz CT molecular complexity index is 825. The lowest BCUT2D eigenvalue weighted by molar-refractivity contribution is -0.137. The number of hydrazone groups is 1. The van der Waals surface area contributed by atoms with Crippen LogP contribution in [0.4, 0.5) is 0 Å². The minimum Gasteiger partial charge on any atom is -0.478 e. The van der Waals surface area contributed by atoms with Gasteiger partial charge in [0.2, 0.25) is 17.7 Å². The van der Waals surface area contributed by atoms with Crippen molar-refractivity contribution in [1.82, 2.24) is 30.6 Å². The molecule has 1 fully saturated rings. The summed E-state index contributed by atoms with van der Waals surface area (Å²) >= 11 is 0. The third-order valence-electron chi connectivity index (χ3n) is 3.59. The van der Waals surface area contributed by atoms with Gasteiger partial charge in [0, 0.05) is 57.9 Å². The molecule has 186 valence electrons. The van der Waals surface area contributed by atoms with Crippen LogP contribution in [-0.4, -0.2) is 75.0 Å². The maximum absolute atomic E-state index is 10.8. The van der Waals surface area contributed by atoms with Crippen LogP contribution in [0.5, 0.6) is 0 Å². The molecule has 1 aliphatic rings. The molecule has 3 N–H and O–H groups in total. The first-order valence-electron chi connectivity index (χ1n) is 10.2. The molecule has 2 heterocycles. The zero-order chi connectivity index (χ0) is 26.1. The molecular weight excluding hydrogens is 430 g/mol. The SMILES string of the molecule is CC(=O)NN=C(C)C.CC1CC(=O)N(C)C1=O.CNCC(C)=CC(=O)O.Cc1cn(C)nn1. The van der Waals surface area contributed by atoms with Gasteiger partial charge in [-0.15, -0.1) is 5.10 Å². The van der Waals surface area contributed by atoms with Crippen molar-refractivity contribution >= 4 is 29.4 Å². The minimum atomic E-state index is -0.886. The normalized spacial score (nSPS) is 14.6. The Morgan fingerprint density at radius 1 is 1.24 bits per heavy atom. The van der Waals surface area contributed by atoms with E-state index in [1.54, 1.807) is 25.6 Å². The van der Waals surface area contributed by atoms with Crippen LogP contribution in [0.2, 0.25) is 0 Å². The predicted octanol–water partition coefficient (Wildman–Crippen LogP) is 0.890. The highest BCUT2D eigenvalue weighted by Gasteiger charge is 2.32. The van der Waals surface area contributed by atoms with Gasteiger partial charge in [-0.05, 0) is 34.7 Å². The van der Waals surface area contributed by atoms with Crippen molar-refractivity contribution < 1.29 is 24.3 Å². The molecule has 0 radical (unpaired) electrons. The lowest BCUT2D eigenvalue weighted by Gasteiger charge is -2.03. The number of amides is 3. The number of aliphatic carboxylic acids is 1. The summed E-state index contributed by atoms with van der Waals surface area (Å²) in [6.07, 6.45) is 3.44. The lowest BCUT2D eigenvalue weighted by atomic mass is 10.1. The van der Waals surface area contributed by atoms with Gasteiger partial charge in [0.05, 0.1) is 5.69 Å². The molecule has 1 aromatic heterocycles. The fourth-order valence-corrected chi connectivity index (χ4v) is 2.13. The van der Waals surface area contributed by atoms with Gasteiger partial charge in [-0.2, -0.15) is 5.10 Å². The fraction of sp³-hybridized carbons (Fsp3) is 0.571. The number of aromatic nitrogens is 3. The van der Waals surface area contributed by atoms with E-state index in [0.717, 1.165) is 17.0 Å². The Morgan fingerprint density at radius 3 is 2.00 bits per heavy atom. The van der Waals surface area contributed by atoms with Crippen LogP contribution >= 0.6 is 0 Å². The summed E-state index contributed by atoms with van der Waals surface area (Å²) in [5.41, 5.74) is 4.93. The Balaban J connectivity index is 0. The van der Waals surface area contributed by atoms with Crippen molar-refractivity contribution in [3.05, 3.63) is 23.5 Å². The van der Waals surface area contributed by atoms with Gasteiger partial charge in [0.15, 0.2) is 0 Å². The predicted molar refractivity (Wildman–Crippen MR) is 125 cm³/mol. The molecule has 0 aromatic carbocycles. The highest BCUT2D eigenvalue weighted by molar-refractivity contribution is 6.02. The maximum Gasteiger partial charge on any atom is 0.328 e. The number of rotatable bonds is 4. The van der Waals surface area contributed by atoms with Gasteiger partial charge in [-0.25, -0.2) is 10.2 Å². The standard InChI is InChI=1S/C6H9NO2.C6H11NO2.C5H10N2O.C4H7N3/c1-4-3-5(8)7(2)6(4)9;1-5(4-7-2)3-6(8)9;1-4(2)6-7-5(3)8;1-4-3-7(2)6-5-4/h4H,3H2,1-2H3;3,7H,4H2,1-2H3,(H,8,9);1-3H3,(H,7,8);3H,1-2H3. The first-order valence-corrected chi connectivity index (χ1v) is 10.2. The van der Waals surface area contributed by atoms with E-state index in [4.69, 9.17) is 5.11 Å². The second-order valence-electron chi connectivity index (χ2n) is 7.52. The molecule has 33 heavy (non-hydrogen) atoms. The van der Waals surface area contributed by atoms with Crippen LogP contribution in [0.15, 0.2) is 22.9 Å². The van der Waals surface area contributed by atoms with Crippen LogP contribution in [0.25, 0.3) is 0 Å². The number of carbonyl (C=O) groups excluding carboxylic acids is 3. The lowest BCUT2D eigenvalue weighted by Crippen LogP contribution is -2.24. The molecule has 1 unspecified atom stereocenters. The number of nitrogens with one attached hydrogen (secondary N) is 2. The zero-order valence-electron chi connectivity index (χ0n) is 21.0. The van der Waals surface area contributed by atoms with Gasteiger partial charge in [-0.3, -0.25) is 24.0 Å². The molecule has 2 rings (SSSR count). The third-order valence-corrected chi connectivity index (χ3v) is 3.59. The van der Waals surface area contributed by atoms with E-state index in [1.807, 2.05) is 34.0 Å². The van der Waals surface area contributed by atoms with E-state index in [0.29, 0.717) is 13.0 Å². The van der Waals surface area contributed by atoms with Crippen molar-refractivity contribution in [2.45, 2.75) is 48.0 Å². The molecular formula is C21H37N7O5. The van der Waals surface area contributed by atoms with E-state index >= 15 is 0 Å². The number of carboxylic acid groups (broad SMARTS) is 1. The number of likely N-dealkylation sites (N-methyl/N-ethyl adjacent to an activating group) is 1. The maximum atomic E-state index is 10.8. The number of carbonyl (C=O) groups is 4. The van der Waals surface area contributed by atoms with E-state index in [-0.39, 0.29) is 23.6 Å². The highest BCUT2D eigenvalue weighted by atomic mass is 16.4. The molecule has 1 aromatic rings. The number of imide groups is 1. The van der Waals surface area contributed by atoms with Gasteiger partial charge in [-0.1, -0.05) is 17.7 Å². The Hall–Kier alpha value is -3.41. The van der Waals surface area contributed by atoms with Crippen LogP contribution in [0.1, 0.15) is 46.7 Å². The highest BCUT2D eigenvalue weighted by Crippen LogP contribution is 2.15. The summed E-state index contributed by atoms with van der Waals surface area (Å²) in [5, 5.41) is 22.1. The number of likely N-dealkylation sites (tertiary alicyclic amines) is 1. The Kier molecular flexibility index (Phi) is 16.5. The molecule has 0 aliphatic carbocycles. The molecule has 12 heteroatoms. The van der Waals surface area contributed by atoms with Crippen molar-refractivity contribution in [3.8, 4) is 0 Å². The molecule has 1 atom stereocenters. The summed E-state index contributed by atoms with van der Waals surface area (Å²) < 4.78 is 1.68. The van der Waals surface area contributed by atoms with E-state index in [1.165, 1.54) is 24.9 Å². The van der Waals surface area contributed by atoms with Gasteiger partial charge in [0.1, 0.15) is 0 Å². The smallest absolute Gasteiger partial charge is 0.328 e. The molecule has 1 saturated heterocycles. The number of carboxylic acids is 1. The van der Waals surface area contributed by atoms with Gasteiger partial charge >= 0.3 is 5.97 Å². The second-order valence-corrected chi connectivity index (χ2v) is 7.52.